The number of aliphatic carboxylic acids is 3. The number of aromatic nitrogens is 9. The lowest BCUT2D eigenvalue weighted by Gasteiger charge is -2.17. The van der Waals surface area contributed by atoms with Gasteiger partial charge in [0.05, 0.1) is 0 Å². The number of nitrogens with zero attached hydrogens (tertiary/aromatic N) is 6. The monoisotopic (exact) mass is 533 g/mol. The Kier molecular flexibility index (Phi) is 12.0. The lowest BCUT2D eigenvalue weighted by atomic mass is 9.89. The van der Waals surface area contributed by atoms with E-state index in [4.69, 9.17) is 15.3 Å². The van der Waals surface area contributed by atoms with E-state index >= 15 is 0 Å². The second-order valence-corrected chi connectivity index (χ2v) is 8.97. The Morgan fingerprint density at radius 1 is 0.816 bits per heavy atom. The molecule has 1 aliphatic rings. The van der Waals surface area contributed by atoms with Gasteiger partial charge in [-0.25, -0.2) is 15.0 Å². The average molecular weight is 534 g/mol. The van der Waals surface area contributed by atoms with E-state index in [0.717, 1.165) is 25.1 Å². The van der Waals surface area contributed by atoms with Gasteiger partial charge < -0.3 is 15.3 Å². The SMILES string of the molecule is CCC(C)c1n[nH]c(CC(=O)O)n1.Cc1nc(CC(=O)O)n[nH]1.O=C(O)Cc1nc(C2CCCCC2)n[nH]1. The molecule has 3 heterocycles. The average Bonchev–Trinajstić information content (AvgIpc) is 3.61. The second-order valence-electron chi connectivity index (χ2n) is 8.97. The quantitative estimate of drug-likeness (QED) is 0.232. The molecule has 15 heteroatoms. The van der Waals surface area contributed by atoms with E-state index in [0.29, 0.717) is 35.0 Å². The molecule has 0 spiro atoms. The van der Waals surface area contributed by atoms with Crippen molar-refractivity contribution in [1.82, 2.24) is 45.5 Å². The van der Waals surface area contributed by atoms with E-state index in [1.165, 1.54) is 19.3 Å². The summed E-state index contributed by atoms with van der Waals surface area (Å²) in [5, 5.41) is 44.9. The Morgan fingerprint density at radius 3 is 1.92 bits per heavy atom. The van der Waals surface area contributed by atoms with Gasteiger partial charge in [0, 0.05) is 11.8 Å². The molecule has 0 bridgehead atoms. The first-order chi connectivity index (χ1) is 18.1. The van der Waals surface area contributed by atoms with Crippen LogP contribution in [0, 0.1) is 6.92 Å². The van der Waals surface area contributed by atoms with Crippen LogP contribution in [0.2, 0.25) is 0 Å². The summed E-state index contributed by atoms with van der Waals surface area (Å²) in [4.78, 5) is 43.0. The predicted molar refractivity (Wildman–Crippen MR) is 132 cm³/mol. The number of rotatable bonds is 9. The van der Waals surface area contributed by atoms with Crippen molar-refractivity contribution in [1.29, 1.82) is 0 Å². The molecular formula is C23H35N9O6. The standard InChI is InChI=1S/C10H15N3O2.C8H13N3O2.C5H7N3O2/c14-9(15)6-8-11-10(13-12-8)7-4-2-1-3-5-7;1-3-5(2)8-9-6(10-11-8)4-7(12)13;1-3-6-4(8-7-3)2-5(9)10/h7H,1-6H2,(H,14,15)(H,11,12,13);5H,3-4H2,1-2H3,(H,12,13)(H,9,10,11);2H2,1H3,(H,9,10)(H,6,7,8). The van der Waals surface area contributed by atoms with Gasteiger partial charge in [-0.1, -0.05) is 33.1 Å². The number of hydrogen-bond acceptors (Lipinski definition) is 9. The van der Waals surface area contributed by atoms with E-state index < -0.39 is 17.9 Å². The van der Waals surface area contributed by atoms with Crippen molar-refractivity contribution in [3.63, 3.8) is 0 Å². The Labute approximate surface area is 218 Å². The summed E-state index contributed by atoms with van der Waals surface area (Å²) in [5.41, 5.74) is 0. The minimum absolute atomic E-state index is 0.0697. The molecule has 0 saturated heterocycles. The van der Waals surface area contributed by atoms with Crippen molar-refractivity contribution in [2.45, 2.75) is 90.4 Å². The molecule has 15 nitrogen and oxygen atoms in total. The molecule has 0 aliphatic heterocycles. The number of H-pyrrole nitrogens is 3. The van der Waals surface area contributed by atoms with E-state index in [-0.39, 0.29) is 25.2 Å². The zero-order valence-electron chi connectivity index (χ0n) is 21.8. The van der Waals surface area contributed by atoms with E-state index in [2.05, 4.69) is 45.5 Å². The first-order valence-corrected chi connectivity index (χ1v) is 12.4. The molecule has 1 unspecified atom stereocenters. The van der Waals surface area contributed by atoms with Crippen LogP contribution in [0.3, 0.4) is 0 Å². The summed E-state index contributed by atoms with van der Waals surface area (Å²) < 4.78 is 0. The van der Waals surface area contributed by atoms with Gasteiger partial charge in [-0.2, -0.15) is 15.3 Å². The minimum Gasteiger partial charge on any atom is -0.481 e. The minimum atomic E-state index is -0.918. The zero-order valence-corrected chi connectivity index (χ0v) is 21.8. The molecule has 4 rings (SSSR count). The van der Waals surface area contributed by atoms with E-state index in [9.17, 15) is 14.4 Å². The van der Waals surface area contributed by atoms with Gasteiger partial charge in [0.25, 0.3) is 0 Å². The van der Waals surface area contributed by atoms with Gasteiger partial charge in [-0.3, -0.25) is 29.7 Å². The number of aromatic amines is 3. The fourth-order valence-electron chi connectivity index (χ4n) is 3.61. The van der Waals surface area contributed by atoms with Crippen LogP contribution in [-0.4, -0.2) is 78.8 Å². The van der Waals surface area contributed by atoms with Crippen LogP contribution in [0.25, 0.3) is 0 Å². The normalized spacial score (nSPS) is 14.0. The maximum atomic E-state index is 10.5. The number of carboxylic acid groups (broad SMARTS) is 3. The highest BCUT2D eigenvalue weighted by molar-refractivity contribution is 5.69. The number of aryl methyl sites for hydroxylation is 1. The summed E-state index contributed by atoms with van der Waals surface area (Å²) in [5.74, 6) is 1.35. The Morgan fingerprint density at radius 2 is 1.39 bits per heavy atom. The Balaban J connectivity index is 0.000000204. The van der Waals surface area contributed by atoms with Crippen molar-refractivity contribution in [3.05, 3.63) is 34.9 Å². The fourth-order valence-corrected chi connectivity index (χ4v) is 3.61. The van der Waals surface area contributed by atoms with Gasteiger partial charge in [0.15, 0.2) is 17.5 Å². The summed E-state index contributed by atoms with van der Waals surface area (Å²) in [6, 6.07) is 0. The highest BCUT2D eigenvalue weighted by Gasteiger charge is 2.20. The number of nitrogens with one attached hydrogen (secondary N) is 3. The lowest BCUT2D eigenvalue weighted by molar-refractivity contribution is -0.137. The number of hydrogen-bond donors (Lipinski definition) is 6. The number of carbonyl (C=O) groups is 3. The summed E-state index contributed by atoms with van der Waals surface area (Å²) in [6.07, 6.45) is 6.68. The second kappa shape index (κ2) is 15.2. The smallest absolute Gasteiger partial charge is 0.311 e. The van der Waals surface area contributed by atoms with Gasteiger partial charge in [-0.15, -0.1) is 0 Å². The maximum absolute atomic E-state index is 10.5. The van der Waals surface area contributed by atoms with Gasteiger partial charge in [0.2, 0.25) is 0 Å². The zero-order chi connectivity index (χ0) is 28.1. The molecule has 1 saturated carbocycles. The van der Waals surface area contributed by atoms with Crippen LogP contribution in [0.15, 0.2) is 0 Å². The topological polar surface area (TPSA) is 237 Å². The highest BCUT2D eigenvalue weighted by atomic mass is 16.4. The highest BCUT2D eigenvalue weighted by Crippen LogP contribution is 2.30. The molecule has 6 N–H and O–H groups in total. The van der Waals surface area contributed by atoms with Crippen molar-refractivity contribution < 1.29 is 29.7 Å². The van der Waals surface area contributed by atoms with E-state index in [1.54, 1.807) is 6.92 Å². The van der Waals surface area contributed by atoms with Gasteiger partial charge in [0.1, 0.15) is 36.7 Å². The van der Waals surface area contributed by atoms with Crippen LogP contribution in [0.1, 0.15) is 99.2 Å². The lowest BCUT2D eigenvalue weighted by Crippen LogP contribution is -2.06. The Hall–Kier alpha value is -4.17. The van der Waals surface area contributed by atoms with Crippen LogP contribution < -0.4 is 0 Å². The molecule has 208 valence electrons. The molecule has 0 amide bonds. The molecule has 1 aliphatic carbocycles. The van der Waals surface area contributed by atoms with Crippen molar-refractivity contribution in [2.75, 3.05) is 0 Å². The summed E-state index contributed by atoms with van der Waals surface area (Å²) >= 11 is 0. The largest absolute Gasteiger partial charge is 0.481 e. The molecule has 38 heavy (non-hydrogen) atoms. The molecule has 0 aromatic carbocycles. The number of carboxylic acids is 3. The van der Waals surface area contributed by atoms with Gasteiger partial charge in [-0.05, 0) is 26.2 Å². The fraction of sp³-hybridized carbons (Fsp3) is 0.609. The Bertz CT molecular complexity index is 1170. The molecule has 3 aromatic heterocycles. The van der Waals surface area contributed by atoms with E-state index in [1.807, 2.05) is 13.8 Å². The summed E-state index contributed by atoms with van der Waals surface area (Å²) in [6.45, 7) is 5.77. The van der Waals surface area contributed by atoms with Crippen LogP contribution >= 0.6 is 0 Å². The van der Waals surface area contributed by atoms with Crippen LogP contribution in [-0.2, 0) is 33.6 Å². The van der Waals surface area contributed by atoms with Gasteiger partial charge >= 0.3 is 17.9 Å². The molecular weight excluding hydrogens is 498 g/mol. The van der Waals surface area contributed by atoms with Crippen LogP contribution in [0.4, 0.5) is 0 Å². The van der Waals surface area contributed by atoms with Crippen molar-refractivity contribution in [3.8, 4) is 0 Å². The summed E-state index contributed by atoms with van der Waals surface area (Å²) in [7, 11) is 0. The molecule has 0 radical (unpaired) electrons. The first kappa shape index (κ1) is 30.1. The van der Waals surface area contributed by atoms with Crippen molar-refractivity contribution >= 4 is 17.9 Å². The third-order valence-corrected chi connectivity index (χ3v) is 5.71. The maximum Gasteiger partial charge on any atom is 0.311 e. The third kappa shape index (κ3) is 10.8. The molecule has 1 fully saturated rings. The first-order valence-electron chi connectivity index (χ1n) is 12.4. The molecule has 1 atom stereocenters. The predicted octanol–water partition coefficient (Wildman–Crippen LogP) is 2.17. The van der Waals surface area contributed by atoms with Crippen molar-refractivity contribution in [2.24, 2.45) is 0 Å². The van der Waals surface area contributed by atoms with Crippen LogP contribution in [0.5, 0.6) is 0 Å². The molecule has 3 aromatic rings. The third-order valence-electron chi connectivity index (χ3n) is 5.71.